The third kappa shape index (κ3) is 3.21. The molecule has 1 saturated heterocycles. The molecule has 1 N–H and O–H groups in total. The van der Waals surface area contributed by atoms with Crippen molar-refractivity contribution in [3.05, 3.63) is 0 Å². The molecule has 1 heterocycles. The van der Waals surface area contributed by atoms with E-state index in [4.69, 9.17) is 4.74 Å². The van der Waals surface area contributed by atoms with Crippen molar-refractivity contribution in [2.75, 3.05) is 13.2 Å². The van der Waals surface area contributed by atoms with Gasteiger partial charge in [0, 0.05) is 18.7 Å². The zero-order chi connectivity index (χ0) is 11.5. The highest BCUT2D eigenvalue weighted by molar-refractivity contribution is 4.84. The van der Waals surface area contributed by atoms with Crippen LogP contribution in [0, 0.1) is 17.8 Å². The van der Waals surface area contributed by atoms with E-state index in [0.29, 0.717) is 6.04 Å². The molecule has 0 aromatic heterocycles. The Morgan fingerprint density at radius 2 is 1.81 bits per heavy atom. The Morgan fingerprint density at radius 3 is 2.38 bits per heavy atom. The first kappa shape index (κ1) is 12.4. The molecule has 4 unspecified atom stereocenters. The summed E-state index contributed by atoms with van der Waals surface area (Å²) >= 11 is 0. The van der Waals surface area contributed by atoms with Crippen molar-refractivity contribution in [1.82, 2.24) is 5.32 Å². The van der Waals surface area contributed by atoms with Gasteiger partial charge in [0.2, 0.25) is 0 Å². The second-order valence-corrected chi connectivity index (χ2v) is 6.19. The Balaban J connectivity index is 1.79. The first-order valence-corrected chi connectivity index (χ1v) is 6.99. The Hall–Kier alpha value is -0.0800. The number of hydrogen-bond acceptors (Lipinski definition) is 2. The van der Waals surface area contributed by atoms with Gasteiger partial charge >= 0.3 is 0 Å². The minimum absolute atomic E-state index is 0.630. The molecule has 2 heteroatoms. The molecule has 0 bridgehead atoms. The molecule has 1 saturated carbocycles. The smallest absolute Gasteiger partial charge is 0.0509 e. The van der Waals surface area contributed by atoms with Crippen molar-refractivity contribution in [3.63, 3.8) is 0 Å². The molecule has 2 fully saturated rings. The zero-order valence-electron chi connectivity index (χ0n) is 11.0. The van der Waals surface area contributed by atoms with Gasteiger partial charge in [-0.15, -0.1) is 0 Å². The van der Waals surface area contributed by atoms with Crippen LogP contribution in [0.5, 0.6) is 0 Å². The second-order valence-electron chi connectivity index (χ2n) is 6.19. The fourth-order valence-electron chi connectivity index (χ4n) is 3.54. The lowest BCUT2D eigenvalue weighted by Crippen LogP contribution is -2.44. The molecule has 0 aromatic carbocycles. The first-order valence-electron chi connectivity index (χ1n) is 6.99. The lowest BCUT2D eigenvalue weighted by molar-refractivity contribution is 0.168. The molecule has 0 radical (unpaired) electrons. The maximum absolute atomic E-state index is 5.47. The lowest BCUT2D eigenvalue weighted by atomic mass is 9.80. The molecular formula is C14H27NO. The summed E-state index contributed by atoms with van der Waals surface area (Å²) in [5, 5.41) is 3.84. The molecule has 16 heavy (non-hydrogen) atoms. The fourth-order valence-corrected chi connectivity index (χ4v) is 3.54. The average molecular weight is 225 g/mol. The summed E-state index contributed by atoms with van der Waals surface area (Å²) in [5.74, 6) is 2.54. The van der Waals surface area contributed by atoms with E-state index in [2.05, 4.69) is 26.1 Å². The zero-order valence-corrected chi connectivity index (χ0v) is 11.0. The third-order valence-corrected chi connectivity index (χ3v) is 4.35. The fraction of sp³-hybridized carbons (Fsp3) is 1.00. The van der Waals surface area contributed by atoms with Crippen LogP contribution in [-0.2, 0) is 4.74 Å². The van der Waals surface area contributed by atoms with Crippen LogP contribution in [-0.4, -0.2) is 25.3 Å². The quantitative estimate of drug-likeness (QED) is 0.797. The molecule has 2 aliphatic rings. The summed E-state index contributed by atoms with van der Waals surface area (Å²) in [7, 11) is 0. The first-order chi connectivity index (χ1) is 7.65. The monoisotopic (exact) mass is 225 g/mol. The number of nitrogens with one attached hydrogen (secondary N) is 1. The molecule has 0 amide bonds. The van der Waals surface area contributed by atoms with Crippen molar-refractivity contribution in [2.45, 2.75) is 58.5 Å². The van der Waals surface area contributed by atoms with E-state index in [9.17, 15) is 0 Å². The largest absolute Gasteiger partial charge is 0.381 e. The summed E-state index contributed by atoms with van der Waals surface area (Å²) < 4.78 is 5.47. The highest BCUT2D eigenvalue weighted by Crippen LogP contribution is 2.29. The molecule has 0 aromatic rings. The van der Waals surface area contributed by atoms with Crippen LogP contribution < -0.4 is 5.32 Å². The van der Waals surface area contributed by atoms with Crippen LogP contribution in [0.3, 0.4) is 0 Å². The Labute approximate surface area is 100 Å². The molecule has 1 aliphatic carbocycles. The summed E-state index contributed by atoms with van der Waals surface area (Å²) in [6.45, 7) is 9.06. The van der Waals surface area contributed by atoms with Crippen molar-refractivity contribution >= 4 is 0 Å². The molecule has 4 atom stereocenters. The van der Waals surface area contributed by atoms with E-state index in [0.717, 1.165) is 37.0 Å². The van der Waals surface area contributed by atoms with Crippen LogP contribution in [0.4, 0.5) is 0 Å². The molecular weight excluding hydrogens is 198 g/mol. The standard InChI is InChI=1S/C14H27NO/c1-10-6-11(2)8-14(7-10)15-12(3)13-4-5-16-9-13/h10-15H,4-9H2,1-3H3. The number of ether oxygens (including phenoxy) is 1. The average Bonchev–Trinajstić information content (AvgIpc) is 2.68. The van der Waals surface area contributed by atoms with Crippen LogP contribution in [0.2, 0.25) is 0 Å². The second kappa shape index (κ2) is 5.50. The predicted octanol–water partition coefficient (Wildman–Crippen LogP) is 2.83. The summed E-state index contributed by atoms with van der Waals surface area (Å²) in [6, 6.07) is 1.37. The highest BCUT2D eigenvalue weighted by atomic mass is 16.5. The SMILES string of the molecule is CC1CC(C)CC(NC(C)C2CCOC2)C1. The number of rotatable bonds is 3. The van der Waals surface area contributed by atoms with Gasteiger partial charge in [-0.3, -0.25) is 0 Å². The van der Waals surface area contributed by atoms with E-state index in [1.54, 1.807) is 0 Å². The van der Waals surface area contributed by atoms with Gasteiger partial charge < -0.3 is 10.1 Å². The Bertz CT molecular complexity index is 203. The van der Waals surface area contributed by atoms with Crippen molar-refractivity contribution in [2.24, 2.45) is 17.8 Å². The van der Waals surface area contributed by atoms with Crippen LogP contribution >= 0.6 is 0 Å². The van der Waals surface area contributed by atoms with Gasteiger partial charge in [-0.2, -0.15) is 0 Å². The predicted molar refractivity (Wildman–Crippen MR) is 67.5 cm³/mol. The van der Waals surface area contributed by atoms with Crippen LogP contribution in [0.15, 0.2) is 0 Å². The maximum atomic E-state index is 5.47. The van der Waals surface area contributed by atoms with Gasteiger partial charge in [0.1, 0.15) is 0 Å². The van der Waals surface area contributed by atoms with Crippen molar-refractivity contribution in [3.8, 4) is 0 Å². The maximum Gasteiger partial charge on any atom is 0.0509 e. The van der Waals surface area contributed by atoms with Crippen molar-refractivity contribution in [1.29, 1.82) is 0 Å². The Kier molecular flexibility index (Phi) is 4.26. The van der Waals surface area contributed by atoms with E-state index >= 15 is 0 Å². The van der Waals surface area contributed by atoms with Gasteiger partial charge in [-0.1, -0.05) is 13.8 Å². The van der Waals surface area contributed by atoms with Gasteiger partial charge in [-0.05, 0) is 50.4 Å². The minimum atomic E-state index is 0.630. The summed E-state index contributed by atoms with van der Waals surface area (Å²) in [4.78, 5) is 0. The summed E-state index contributed by atoms with van der Waals surface area (Å²) in [6.07, 6.45) is 5.38. The Morgan fingerprint density at radius 1 is 1.12 bits per heavy atom. The lowest BCUT2D eigenvalue weighted by Gasteiger charge is -2.35. The summed E-state index contributed by atoms with van der Waals surface area (Å²) in [5.41, 5.74) is 0. The topological polar surface area (TPSA) is 21.3 Å². The normalized spacial score (nSPS) is 42.2. The minimum Gasteiger partial charge on any atom is -0.381 e. The van der Waals surface area contributed by atoms with Gasteiger partial charge in [0.25, 0.3) is 0 Å². The number of hydrogen-bond donors (Lipinski definition) is 1. The molecule has 94 valence electrons. The van der Waals surface area contributed by atoms with E-state index in [1.165, 1.54) is 25.7 Å². The van der Waals surface area contributed by atoms with Gasteiger partial charge in [0.15, 0.2) is 0 Å². The molecule has 2 rings (SSSR count). The molecule has 0 spiro atoms. The highest BCUT2D eigenvalue weighted by Gasteiger charge is 2.28. The van der Waals surface area contributed by atoms with Crippen LogP contribution in [0.1, 0.15) is 46.5 Å². The van der Waals surface area contributed by atoms with E-state index < -0.39 is 0 Å². The molecule has 2 nitrogen and oxygen atoms in total. The molecule has 1 aliphatic heterocycles. The van der Waals surface area contributed by atoms with Gasteiger partial charge in [-0.25, -0.2) is 0 Å². The van der Waals surface area contributed by atoms with Crippen LogP contribution in [0.25, 0.3) is 0 Å². The van der Waals surface area contributed by atoms with Gasteiger partial charge in [0.05, 0.1) is 6.61 Å². The third-order valence-electron chi connectivity index (χ3n) is 4.35. The van der Waals surface area contributed by atoms with E-state index in [-0.39, 0.29) is 0 Å². The van der Waals surface area contributed by atoms with Crippen molar-refractivity contribution < 1.29 is 4.74 Å². The van der Waals surface area contributed by atoms with E-state index in [1.807, 2.05) is 0 Å².